The molecule has 0 aliphatic heterocycles. The van der Waals surface area contributed by atoms with Gasteiger partial charge in [-0.3, -0.25) is 0 Å². The molecule has 0 spiro atoms. The molecule has 0 amide bonds. The highest BCUT2D eigenvalue weighted by Crippen LogP contribution is 2.26. The monoisotopic (exact) mass is 232 g/mol. The molecule has 0 heterocycles. The van der Waals surface area contributed by atoms with Crippen molar-refractivity contribution in [1.29, 1.82) is 0 Å². The van der Waals surface area contributed by atoms with Gasteiger partial charge in [0.05, 0.1) is 6.61 Å². The van der Waals surface area contributed by atoms with Crippen LogP contribution in [0.15, 0.2) is 24.3 Å². The van der Waals surface area contributed by atoms with Gasteiger partial charge in [-0.25, -0.2) is 4.39 Å². The fourth-order valence-electron chi connectivity index (χ4n) is 0.907. The molecule has 0 aromatic heterocycles. The van der Waals surface area contributed by atoms with Gasteiger partial charge >= 0.3 is 0 Å². The normalized spacial score (nSPS) is 12.6. The minimum Gasteiger partial charge on any atom is -0.494 e. The van der Waals surface area contributed by atoms with Gasteiger partial charge in [-0.1, -0.05) is 12.1 Å². The predicted octanol–water partition coefficient (Wildman–Crippen LogP) is 3.45. The third-order valence-electron chi connectivity index (χ3n) is 1.42. The number of halogens is 2. The lowest BCUT2D eigenvalue weighted by molar-refractivity contribution is 0.339. The van der Waals surface area contributed by atoms with Crippen LogP contribution in [-0.2, 0) is 0 Å². The van der Waals surface area contributed by atoms with Crippen molar-refractivity contribution in [3.8, 4) is 5.75 Å². The summed E-state index contributed by atoms with van der Waals surface area (Å²) in [6, 6.07) is 6.97. The van der Waals surface area contributed by atoms with Crippen molar-refractivity contribution in [3.05, 3.63) is 29.8 Å². The van der Waals surface area contributed by atoms with Gasteiger partial charge in [-0.2, -0.15) is 0 Å². The smallest absolute Gasteiger partial charge is 0.180 e. The summed E-state index contributed by atoms with van der Waals surface area (Å²) in [7, 11) is 0. The molecule has 0 bridgehead atoms. The molecule has 1 aromatic rings. The summed E-state index contributed by atoms with van der Waals surface area (Å²) >= 11 is 2.85. The summed E-state index contributed by atoms with van der Waals surface area (Å²) in [5, 5.41) is -1.11. The minimum atomic E-state index is -1.11. The fourth-order valence-corrected chi connectivity index (χ4v) is 1.19. The van der Waals surface area contributed by atoms with Gasteiger partial charge in [0, 0.05) is 5.56 Å². The van der Waals surface area contributed by atoms with Crippen molar-refractivity contribution in [3.63, 3.8) is 0 Å². The predicted molar refractivity (Wildman–Crippen MR) is 50.4 cm³/mol. The molecule has 1 rings (SSSR count). The number of hydrogen-bond acceptors (Lipinski definition) is 1. The zero-order chi connectivity index (χ0) is 8.97. The number of rotatable bonds is 3. The van der Waals surface area contributed by atoms with E-state index < -0.39 is 5.08 Å². The van der Waals surface area contributed by atoms with Crippen LogP contribution in [0.25, 0.3) is 0 Å². The third kappa shape index (κ3) is 2.48. The van der Waals surface area contributed by atoms with Crippen molar-refractivity contribution in [2.45, 2.75) is 12.0 Å². The number of benzene rings is 1. The van der Waals surface area contributed by atoms with Crippen molar-refractivity contribution < 1.29 is 9.13 Å². The van der Waals surface area contributed by atoms with E-state index >= 15 is 0 Å². The molecule has 1 aromatic carbocycles. The van der Waals surface area contributed by atoms with Crippen molar-refractivity contribution >= 4 is 15.9 Å². The molecule has 1 nitrogen and oxygen atoms in total. The van der Waals surface area contributed by atoms with Crippen LogP contribution in [0, 0.1) is 0 Å². The maximum Gasteiger partial charge on any atom is 0.180 e. The summed E-state index contributed by atoms with van der Waals surface area (Å²) in [6.07, 6.45) is 0. The van der Waals surface area contributed by atoms with E-state index in [9.17, 15) is 4.39 Å². The van der Waals surface area contributed by atoms with E-state index in [1.54, 1.807) is 18.2 Å². The van der Waals surface area contributed by atoms with Gasteiger partial charge in [0.2, 0.25) is 0 Å². The van der Waals surface area contributed by atoms with E-state index in [4.69, 9.17) is 4.74 Å². The standard InChI is InChI=1S/C9H10BrFO/c1-2-12-8-5-3-4-7(6-8)9(10)11/h3-6,9H,2H2,1H3. The average Bonchev–Trinajstić information content (AvgIpc) is 2.05. The second-order valence-electron chi connectivity index (χ2n) is 2.31. The zero-order valence-corrected chi connectivity index (χ0v) is 8.34. The maximum absolute atomic E-state index is 12.7. The van der Waals surface area contributed by atoms with Gasteiger partial charge in [0.15, 0.2) is 5.08 Å². The first kappa shape index (κ1) is 9.52. The topological polar surface area (TPSA) is 9.23 Å². The summed E-state index contributed by atoms with van der Waals surface area (Å²) in [6.45, 7) is 2.50. The molecular formula is C9H10BrFO. The molecular weight excluding hydrogens is 223 g/mol. The van der Waals surface area contributed by atoms with Gasteiger partial charge in [-0.05, 0) is 35.0 Å². The summed E-state index contributed by atoms with van der Waals surface area (Å²) in [4.78, 5) is 0. The second kappa shape index (κ2) is 4.45. The Kier molecular flexibility index (Phi) is 3.53. The van der Waals surface area contributed by atoms with Crippen LogP contribution in [0.2, 0.25) is 0 Å². The molecule has 0 fully saturated rings. The summed E-state index contributed by atoms with van der Waals surface area (Å²) in [5.74, 6) is 0.706. The van der Waals surface area contributed by atoms with Gasteiger partial charge in [0.25, 0.3) is 0 Å². The van der Waals surface area contributed by atoms with E-state index in [0.717, 1.165) is 0 Å². The minimum absolute atomic E-state index is 0.584. The Labute approximate surface area is 79.7 Å². The fraction of sp³-hybridized carbons (Fsp3) is 0.333. The van der Waals surface area contributed by atoms with Crippen LogP contribution < -0.4 is 4.74 Å². The Bertz CT molecular complexity index is 250. The van der Waals surface area contributed by atoms with Crippen molar-refractivity contribution in [2.75, 3.05) is 6.61 Å². The highest BCUT2D eigenvalue weighted by atomic mass is 79.9. The number of alkyl halides is 2. The molecule has 0 saturated carbocycles. The molecule has 1 atom stereocenters. The Morgan fingerprint density at radius 3 is 2.92 bits per heavy atom. The van der Waals surface area contributed by atoms with E-state index in [-0.39, 0.29) is 0 Å². The van der Waals surface area contributed by atoms with Crippen LogP contribution >= 0.6 is 15.9 Å². The number of hydrogen-bond donors (Lipinski definition) is 0. The van der Waals surface area contributed by atoms with Crippen LogP contribution in [0.5, 0.6) is 5.75 Å². The van der Waals surface area contributed by atoms with Crippen molar-refractivity contribution in [1.82, 2.24) is 0 Å². The lowest BCUT2D eigenvalue weighted by Crippen LogP contribution is -1.92. The van der Waals surface area contributed by atoms with Crippen LogP contribution in [0.3, 0.4) is 0 Å². The maximum atomic E-state index is 12.7. The highest BCUT2D eigenvalue weighted by Gasteiger charge is 2.04. The average molecular weight is 233 g/mol. The van der Waals surface area contributed by atoms with Gasteiger partial charge < -0.3 is 4.74 Å². The Morgan fingerprint density at radius 1 is 1.58 bits per heavy atom. The molecule has 3 heteroatoms. The molecule has 0 aliphatic carbocycles. The Hall–Kier alpha value is -0.570. The van der Waals surface area contributed by atoms with Gasteiger partial charge in [-0.15, -0.1) is 0 Å². The first-order valence-corrected chi connectivity index (χ1v) is 4.66. The molecule has 0 radical (unpaired) electrons. The van der Waals surface area contributed by atoms with Crippen molar-refractivity contribution in [2.24, 2.45) is 0 Å². The van der Waals surface area contributed by atoms with E-state index in [2.05, 4.69) is 15.9 Å². The Morgan fingerprint density at radius 2 is 2.33 bits per heavy atom. The third-order valence-corrected chi connectivity index (χ3v) is 1.95. The van der Waals surface area contributed by atoms with E-state index in [1.807, 2.05) is 13.0 Å². The zero-order valence-electron chi connectivity index (χ0n) is 6.76. The molecule has 0 aliphatic rings. The lowest BCUT2D eigenvalue weighted by Gasteiger charge is -2.05. The first-order chi connectivity index (χ1) is 5.74. The van der Waals surface area contributed by atoms with E-state index in [1.165, 1.54) is 0 Å². The second-order valence-corrected chi connectivity index (χ2v) is 3.11. The largest absolute Gasteiger partial charge is 0.494 e. The van der Waals surface area contributed by atoms with E-state index in [0.29, 0.717) is 17.9 Å². The van der Waals surface area contributed by atoms with Gasteiger partial charge in [0.1, 0.15) is 5.75 Å². The molecule has 0 N–H and O–H groups in total. The molecule has 66 valence electrons. The molecule has 1 unspecified atom stereocenters. The number of ether oxygens (including phenoxy) is 1. The quantitative estimate of drug-likeness (QED) is 0.726. The Balaban J connectivity index is 2.81. The molecule has 12 heavy (non-hydrogen) atoms. The molecule has 0 saturated heterocycles. The first-order valence-electron chi connectivity index (χ1n) is 3.75. The van der Waals surface area contributed by atoms with Crippen LogP contribution in [-0.4, -0.2) is 6.61 Å². The SMILES string of the molecule is CCOc1cccc(C(F)Br)c1. The van der Waals surface area contributed by atoms with Crippen LogP contribution in [0.4, 0.5) is 4.39 Å². The highest BCUT2D eigenvalue weighted by molar-refractivity contribution is 9.09. The van der Waals surface area contributed by atoms with Crippen LogP contribution in [0.1, 0.15) is 17.6 Å². The summed E-state index contributed by atoms with van der Waals surface area (Å²) < 4.78 is 17.9. The summed E-state index contributed by atoms with van der Waals surface area (Å²) in [5.41, 5.74) is 0.584. The lowest BCUT2D eigenvalue weighted by atomic mass is 10.2.